The highest BCUT2D eigenvalue weighted by Gasteiger charge is 2.34. The van der Waals surface area contributed by atoms with Crippen LogP contribution in [0.4, 0.5) is 5.69 Å². The van der Waals surface area contributed by atoms with Crippen molar-refractivity contribution in [1.82, 2.24) is 9.97 Å². The Bertz CT molecular complexity index is 867. The van der Waals surface area contributed by atoms with Crippen molar-refractivity contribution in [2.24, 2.45) is 15.2 Å². The summed E-state index contributed by atoms with van der Waals surface area (Å²) in [4.78, 5) is 13.9. The Labute approximate surface area is 146 Å². The maximum absolute atomic E-state index is 4.77. The monoisotopic (exact) mass is 330 g/mol. The molecule has 2 aromatic rings. The van der Waals surface area contributed by atoms with E-state index in [1.54, 1.807) is 18.6 Å². The Hall–Kier alpha value is -3.15. The van der Waals surface area contributed by atoms with Crippen LogP contribution >= 0.6 is 0 Å². The topological polar surface area (TPSA) is 74.9 Å². The molecule has 0 radical (unpaired) electrons. The van der Waals surface area contributed by atoms with Gasteiger partial charge in [0.15, 0.2) is 5.82 Å². The zero-order valence-corrected chi connectivity index (χ0v) is 13.9. The van der Waals surface area contributed by atoms with E-state index in [4.69, 9.17) is 4.98 Å². The molecule has 1 aromatic heterocycles. The second-order valence-corrected chi connectivity index (χ2v) is 6.10. The maximum Gasteiger partial charge on any atom is 0.209 e. The van der Waals surface area contributed by atoms with Crippen LogP contribution in [-0.2, 0) is 5.66 Å². The molecule has 6 heteroatoms. The van der Waals surface area contributed by atoms with E-state index in [-0.39, 0.29) is 5.92 Å². The van der Waals surface area contributed by atoms with Crippen LogP contribution in [0.25, 0.3) is 0 Å². The minimum atomic E-state index is -0.787. The Morgan fingerprint density at radius 3 is 2.72 bits per heavy atom. The number of allylic oxidation sites excluding steroid dienone is 1. The average molecular weight is 330 g/mol. The summed E-state index contributed by atoms with van der Waals surface area (Å²) >= 11 is 0. The molecular formula is C19H18N6. The smallest absolute Gasteiger partial charge is 0.209 e. The lowest BCUT2D eigenvalue weighted by atomic mass is 10.0. The van der Waals surface area contributed by atoms with E-state index in [1.165, 1.54) is 5.56 Å². The minimum absolute atomic E-state index is 0.116. The molecule has 0 bridgehead atoms. The normalized spacial score (nSPS) is 24.0. The second-order valence-electron chi connectivity index (χ2n) is 6.10. The van der Waals surface area contributed by atoms with Gasteiger partial charge < -0.3 is 5.32 Å². The quantitative estimate of drug-likeness (QED) is 0.935. The molecule has 0 saturated carbocycles. The summed E-state index contributed by atoms with van der Waals surface area (Å²) in [6.45, 7) is 2.06. The van der Waals surface area contributed by atoms with Gasteiger partial charge in [-0.05, 0) is 43.7 Å². The number of anilines is 1. The van der Waals surface area contributed by atoms with E-state index < -0.39 is 5.66 Å². The van der Waals surface area contributed by atoms with Crippen LogP contribution in [-0.4, -0.2) is 28.6 Å². The first-order chi connectivity index (χ1) is 12.3. The van der Waals surface area contributed by atoms with Crippen LogP contribution in [0, 0.1) is 6.92 Å². The molecule has 4 rings (SSSR count). The molecule has 25 heavy (non-hydrogen) atoms. The third-order valence-electron chi connectivity index (χ3n) is 4.24. The molecule has 0 spiro atoms. The van der Waals surface area contributed by atoms with Crippen LogP contribution in [0.15, 0.2) is 63.9 Å². The van der Waals surface area contributed by atoms with Crippen LogP contribution in [0.2, 0.25) is 0 Å². The van der Waals surface area contributed by atoms with Crippen molar-refractivity contribution in [1.29, 1.82) is 0 Å². The fourth-order valence-electron chi connectivity index (χ4n) is 2.85. The van der Waals surface area contributed by atoms with E-state index in [9.17, 15) is 0 Å². The highest BCUT2D eigenvalue weighted by atomic mass is 15.2. The van der Waals surface area contributed by atoms with E-state index in [2.05, 4.69) is 44.6 Å². The maximum atomic E-state index is 4.77. The van der Waals surface area contributed by atoms with Gasteiger partial charge >= 0.3 is 0 Å². The van der Waals surface area contributed by atoms with Crippen molar-refractivity contribution >= 4 is 24.3 Å². The lowest BCUT2D eigenvalue weighted by Crippen LogP contribution is -2.32. The fourth-order valence-corrected chi connectivity index (χ4v) is 2.85. The van der Waals surface area contributed by atoms with Crippen molar-refractivity contribution < 1.29 is 0 Å². The first kappa shape index (κ1) is 15.4. The van der Waals surface area contributed by atoms with Crippen LogP contribution in [0.3, 0.4) is 0 Å². The van der Waals surface area contributed by atoms with Gasteiger partial charge in [-0.15, -0.1) is 0 Å². The van der Waals surface area contributed by atoms with Crippen LogP contribution < -0.4 is 5.32 Å². The van der Waals surface area contributed by atoms with Gasteiger partial charge in [-0.2, -0.15) is 10.2 Å². The van der Waals surface area contributed by atoms with Crippen LogP contribution in [0.5, 0.6) is 0 Å². The molecular weight excluding hydrogens is 312 g/mol. The molecule has 3 heterocycles. The van der Waals surface area contributed by atoms with Crippen molar-refractivity contribution in [3.8, 4) is 0 Å². The van der Waals surface area contributed by atoms with Gasteiger partial charge in [-0.3, -0.25) is 4.99 Å². The summed E-state index contributed by atoms with van der Waals surface area (Å²) in [6, 6.07) is 10.1. The highest BCUT2D eigenvalue weighted by Crippen LogP contribution is 2.30. The predicted octanol–water partition coefficient (Wildman–Crippen LogP) is 3.23. The van der Waals surface area contributed by atoms with Crippen molar-refractivity contribution in [2.45, 2.75) is 24.9 Å². The molecule has 2 unspecified atom stereocenters. The molecule has 0 amide bonds. The third-order valence-corrected chi connectivity index (χ3v) is 4.24. The Morgan fingerprint density at radius 2 is 2.00 bits per heavy atom. The number of nitrogens with zero attached hydrogens (tertiary/aromatic N) is 5. The van der Waals surface area contributed by atoms with Gasteiger partial charge in [-0.1, -0.05) is 17.7 Å². The number of hydrogen-bond acceptors (Lipinski definition) is 6. The van der Waals surface area contributed by atoms with Gasteiger partial charge in [-0.25, -0.2) is 9.97 Å². The largest absolute Gasteiger partial charge is 0.352 e. The first-order valence-corrected chi connectivity index (χ1v) is 8.21. The Kier molecular flexibility index (Phi) is 3.93. The summed E-state index contributed by atoms with van der Waals surface area (Å²) < 4.78 is 0. The number of nitrogens with one attached hydrogen (secondary N) is 1. The molecule has 1 N–H and O–H groups in total. The van der Waals surface area contributed by atoms with E-state index in [0.717, 1.165) is 17.8 Å². The van der Waals surface area contributed by atoms with Crippen LogP contribution in [0.1, 0.15) is 29.4 Å². The number of hydrogen-bond donors (Lipinski definition) is 1. The van der Waals surface area contributed by atoms with E-state index >= 15 is 0 Å². The number of aryl methyl sites for hydroxylation is 1. The molecule has 0 fully saturated rings. The van der Waals surface area contributed by atoms with Gasteiger partial charge in [0, 0.05) is 36.4 Å². The highest BCUT2D eigenvalue weighted by molar-refractivity contribution is 5.77. The lowest BCUT2D eigenvalue weighted by molar-refractivity contribution is 0.605. The van der Waals surface area contributed by atoms with E-state index in [1.807, 2.05) is 36.6 Å². The van der Waals surface area contributed by atoms with Gasteiger partial charge in [0.2, 0.25) is 5.66 Å². The molecule has 124 valence electrons. The molecule has 6 nitrogen and oxygen atoms in total. The molecule has 1 aromatic carbocycles. The molecule has 2 aliphatic heterocycles. The summed E-state index contributed by atoms with van der Waals surface area (Å²) in [5, 5.41) is 11.3. The van der Waals surface area contributed by atoms with Crippen molar-refractivity contribution in [3.05, 3.63) is 65.8 Å². The summed E-state index contributed by atoms with van der Waals surface area (Å²) in [5.74, 6) is 0.733. The SMILES string of the molecule is Cc1ccc(NC2(c3nccc(C4C=NN=CC4)n3)C=CC=N2)cc1. The zero-order valence-electron chi connectivity index (χ0n) is 13.9. The molecule has 2 atom stereocenters. The Balaban J connectivity index is 1.68. The molecule has 0 aliphatic carbocycles. The van der Waals surface area contributed by atoms with Gasteiger partial charge in [0.25, 0.3) is 0 Å². The fraction of sp³-hybridized carbons (Fsp3) is 0.211. The number of rotatable bonds is 4. The lowest BCUT2D eigenvalue weighted by Gasteiger charge is -2.26. The van der Waals surface area contributed by atoms with Gasteiger partial charge in [0.05, 0.1) is 5.69 Å². The average Bonchev–Trinajstić information content (AvgIpc) is 3.14. The molecule has 2 aliphatic rings. The number of aliphatic imine (C=N–C) groups is 1. The standard InChI is InChI=1S/C19H18N6/c1-14-3-5-16(6-4-14)25-19(9-2-10-21-19)18-20-11-8-17(24-18)15-7-12-22-23-13-15/h2-6,8-13,15,25H,7H2,1H3. The first-order valence-electron chi connectivity index (χ1n) is 8.21. The van der Waals surface area contributed by atoms with Crippen molar-refractivity contribution in [2.75, 3.05) is 5.32 Å². The summed E-state index contributed by atoms with van der Waals surface area (Å²) in [5.41, 5.74) is 2.31. The number of benzene rings is 1. The zero-order chi connectivity index (χ0) is 17.1. The third kappa shape index (κ3) is 3.10. The summed E-state index contributed by atoms with van der Waals surface area (Å²) in [7, 11) is 0. The summed E-state index contributed by atoms with van der Waals surface area (Å²) in [6.07, 6.45) is 11.8. The molecule has 0 saturated heterocycles. The van der Waals surface area contributed by atoms with E-state index in [0.29, 0.717) is 5.82 Å². The van der Waals surface area contributed by atoms with Crippen molar-refractivity contribution in [3.63, 3.8) is 0 Å². The second kappa shape index (κ2) is 6.39. The predicted molar refractivity (Wildman–Crippen MR) is 100 cm³/mol. The van der Waals surface area contributed by atoms with Gasteiger partial charge in [0.1, 0.15) is 0 Å². The number of aromatic nitrogens is 2. The minimum Gasteiger partial charge on any atom is -0.352 e. The Morgan fingerprint density at radius 1 is 1.12 bits per heavy atom.